The molecule has 0 saturated heterocycles. The number of carbonyl (C=O) groups excluding carboxylic acids is 1. The van der Waals surface area contributed by atoms with Gasteiger partial charge in [0.2, 0.25) is 21.8 Å². The van der Waals surface area contributed by atoms with Crippen molar-refractivity contribution in [3.8, 4) is 11.1 Å². The second-order valence-corrected chi connectivity index (χ2v) is 6.26. The van der Waals surface area contributed by atoms with Gasteiger partial charge >= 0.3 is 6.18 Å². The van der Waals surface area contributed by atoms with Crippen molar-refractivity contribution >= 4 is 21.6 Å². The monoisotopic (exact) mass is 360 g/mol. The topological polar surface area (TPSA) is 115 Å². The second kappa shape index (κ2) is 6.17. The average Bonchev–Trinajstić information content (AvgIpc) is 2.45. The highest BCUT2D eigenvalue weighted by Gasteiger charge is 2.34. The molecule has 1 aromatic heterocycles. The number of anilines is 1. The normalized spacial score (nSPS) is 12.0. The van der Waals surface area contributed by atoms with Crippen LogP contribution in [-0.2, 0) is 21.0 Å². The first-order chi connectivity index (χ1) is 11.0. The van der Waals surface area contributed by atoms with Gasteiger partial charge in [-0.15, -0.1) is 0 Å². The van der Waals surface area contributed by atoms with E-state index in [0.29, 0.717) is 0 Å². The fourth-order valence-corrected chi connectivity index (χ4v) is 2.67. The Hall–Kier alpha value is -2.53. The summed E-state index contributed by atoms with van der Waals surface area (Å²) in [6.07, 6.45) is -3.02. The maximum absolute atomic E-state index is 12.5. The van der Waals surface area contributed by atoms with Gasteiger partial charge in [0.15, 0.2) is 0 Å². The molecule has 0 aliphatic carbocycles. The van der Waals surface area contributed by atoms with Crippen molar-refractivity contribution in [2.45, 2.75) is 18.0 Å². The van der Waals surface area contributed by atoms with Crippen molar-refractivity contribution in [2.75, 3.05) is 5.32 Å². The van der Waals surface area contributed by atoms with E-state index in [1.807, 2.05) is 0 Å². The van der Waals surface area contributed by atoms with Gasteiger partial charge in [0.25, 0.3) is 0 Å². The summed E-state index contributed by atoms with van der Waals surface area (Å²) in [4.78, 5) is 17.0. The largest absolute Gasteiger partial charge is 0.451 e. The molecule has 11 heteroatoms. The standard InChI is InChI=1S/C13H11F3N4O3S/c1-7(21)20-9-2-3-10(11(4-9)24(17,22)23)8-5-18-12(19-6-8)13(14,15)16/h2-6H,1H3,(H,20,21)(H2,17,22,23). The van der Waals surface area contributed by atoms with Crippen molar-refractivity contribution in [1.82, 2.24) is 9.97 Å². The van der Waals surface area contributed by atoms with Crippen molar-refractivity contribution < 1.29 is 26.4 Å². The Bertz CT molecular complexity index is 880. The van der Waals surface area contributed by atoms with Crippen molar-refractivity contribution in [1.29, 1.82) is 0 Å². The molecular formula is C13H11F3N4O3S. The molecule has 1 heterocycles. The predicted octanol–water partition coefficient (Wildman–Crippen LogP) is 1.77. The van der Waals surface area contributed by atoms with Gasteiger partial charge in [-0.25, -0.2) is 23.5 Å². The summed E-state index contributed by atoms with van der Waals surface area (Å²) in [7, 11) is -4.21. The molecule has 7 nitrogen and oxygen atoms in total. The molecule has 2 aromatic rings. The number of carbonyl (C=O) groups is 1. The number of hydrogen-bond donors (Lipinski definition) is 2. The number of hydrogen-bond acceptors (Lipinski definition) is 5. The van der Waals surface area contributed by atoms with E-state index < -0.39 is 27.9 Å². The number of amides is 1. The highest BCUT2D eigenvalue weighted by atomic mass is 32.2. The molecule has 0 unspecified atom stereocenters. The maximum Gasteiger partial charge on any atom is 0.451 e. The molecule has 0 bridgehead atoms. The molecule has 3 N–H and O–H groups in total. The first kappa shape index (κ1) is 17.8. The zero-order valence-corrected chi connectivity index (χ0v) is 12.9. The number of sulfonamides is 1. The molecule has 0 aliphatic rings. The van der Waals surface area contributed by atoms with E-state index in [-0.39, 0.29) is 21.7 Å². The van der Waals surface area contributed by atoms with E-state index in [2.05, 4.69) is 15.3 Å². The fourth-order valence-electron chi connectivity index (χ4n) is 1.89. The minimum Gasteiger partial charge on any atom is -0.326 e. The SMILES string of the molecule is CC(=O)Nc1ccc(-c2cnc(C(F)(F)F)nc2)c(S(N)(=O)=O)c1. The molecule has 0 saturated carbocycles. The van der Waals surface area contributed by atoms with Gasteiger partial charge < -0.3 is 5.32 Å². The summed E-state index contributed by atoms with van der Waals surface area (Å²) in [6, 6.07) is 3.77. The number of primary sulfonamides is 1. The highest BCUT2D eigenvalue weighted by molar-refractivity contribution is 7.89. The smallest absolute Gasteiger partial charge is 0.326 e. The summed E-state index contributed by atoms with van der Waals surface area (Å²) in [5.74, 6) is -1.78. The number of aromatic nitrogens is 2. The number of alkyl halides is 3. The van der Waals surface area contributed by atoms with Gasteiger partial charge in [-0.3, -0.25) is 4.79 Å². The third-order valence-electron chi connectivity index (χ3n) is 2.82. The van der Waals surface area contributed by atoms with Crippen LogP contribution in [0.15, 0.2) is 35.5 Å². The van der Waals surface area contributed by atoms with Gasteiger partial charge in [-0.1, -0.05) is 6.07 Å². The first-order valence-corrected chi connectivity index (χ1v) is 7.87. The lowest BCUT2D eigenvalue weighted by Gasteiger charge is -2.11. The zero-order chi connectivity index (χ0) is 18.1. The van der Waals surface area contributed by atoms with Crippen LogP contribution >= 0.6 is 0 Å². The van der Waals surface area contributed by atoms with E-state index >= 15 is 0 Å². The molecule has 0 fully saturated rings. The van der Waals surface area contributed by atoms with Crippen LogP contribution in [0.4, 0.5) is 18.9 Å². The van der Waals surface area contributed by atoms with Crippen LogP contribution in [0.3, 0.4) is 0 Å². The van der Waals surface area contributed by atoms with Gasteiger partial charge in [0.05, 0.1) is 4.90 Å². The first-order valence-electron chi connectivity index (χ1n) is 6.32. The summed E-state index contributed by atoms with van der Waals surface area (Å²) in [5.41, 5.74) is 0.213. The number of rotatable bonds is 3. The zero-order valence-electron chi connectivity index (χ0n) is 12.1. The minimum atomic E-state index is -4.71. The number of nitrogens with one attached hydrogen (secondary N) is 1. The Morgan fingerprint density at radius 2 is 1.79 bits per heavy atom. The Morgan fingerprint density at radius 1 is 1.21 bits per heavy atom. The number of nitrogens with two attached hydrogens (primary N) is 1. The van der Waals surface area contributed by atoms with Crippen molar-refractivity contribution in [3.63, 3.8) is 0 Å². The van der Waals surface area contributed by atoms with Crippen LogP contribution in [-0.4, -0.2) is 24.3 Å². The summed E-state index contributed by atoms with van der Waals surface area (Å²) in [5, 5.41) is 7.52. The van der Waals surface area contributed by atoms with Crippen LogP contribution in [0.1, 0.15) is 12.7 Å². The Kier molecular flexibility index (Phi) is 4.58. The van der Waals surface area contributed by atoms with Crippen molar-refractivity contribution in [2.24, 2.45) is 5.14 Å². The number of halogens is 3. The lowest BCUT2D eigenvalue weighted by Crippen LogP contribution is -2.15. The average molecular weight is 360 g/mol. The Morgan fingerprint density at radius 3 is 2.25 bits per heavy atom. The van der Waals surface area contributed by atoms with E-state index in [1.165, 1.54) is 19.1 Å². The quantitative estimate of drug-likeness (QED) is 0.866. The third kappa shape index (κ3) is 4.06. The van der Waals surface area contributed by atoms with Gasteiger partial charge in [0, 0.05) is 36.1 Å². The van der Waals surface area contributed by atoms with E-state index in [1.54, 1.807) is 0 Å². The molecule has 24 heavy (non-hydrogen) atoms. The lowest BCUT2D eigenvalue weighted by molar-refractivity contribution is -0.145. The number of benzene rings is 1. The van der Waals surface area contributed by atoms with Gasteiger partial charge in [-0.05, 0) is 12.1 Å². The van der Waals surface area contributed by atoms with Crippen LogP contribution in [0.25, 0.3) is 11.1 Å². The molecule has 0 radical (unpaired) electrons. The molecule has 128 valence electrons. The molecule has 1 aromatic carbocycles. The fraction of sp³-hybridized carbons (Fsp3) is 0.154. The van der Waals surface area contributed by atoms with Crippen LogP contribution < -0.4 is 10.5 Å². The molecule has 2 rings (SSSR count). The third-order valence-corrected chi connectivity index (χ3v) is 3.78. The Labute approximate surface area is 134 Å². The minimum absolute atomic E-state index is 0.0142. The molecule has 0 aliphatic heterocycles. The lowest BCUT2D eigenvalue weighted by atomic mass is 10.1. The molecule has 1 amide bonds. The second-order valence-electron chi connectivity index (χ2n) is 4.73. The maximum atomic E-state index is 12.5. The summed E-state index contributed by atoms with van der Waals surface area (Å²) < 4.78 is 60.9. The van der Waals surface area contributed by atoms with Gasteiger partial charge in [-0.2, -0.15) is 13.2 Å². The Balaban J connectivity index is 2.55. The van der Waals surface area contributed by atoms with E-state index in [0.717, 1.165) is 18.5 Å². The van der Waals surface area contributed by atoms with Crippen LogP contribution in [0, 0.1) is 0 Å². The van der Waals surface area contributed by atoms with E-state index in [9.17, 15) is 26.4 Å². The summed E-state index contributed by atoms with van der Waals surface area (Å²) >= 11 is 0. The molecular weight excluding hydrogens is 349 g/mol. The molecule has 0 spiro atoms. The number of nitrogens with zero attached hydrogens (tertiary/aromatic N) is 2. The summed E-state index contributed by atoms with van der Waals surface area (Å²) in [6.45, 7) is 1.23. The highest BCUT2D eigenvalue weighted by Crippen LogP contribution is 2.30. The predicted molar refractivity (Wildman–Crippen MR) is 78.1 cm³/mol. The van der Waals surface area contributed by atoms with Gasteiger partial charge in [0.1, 0.15) is 0 Å². The van der Waals surface area contributed by atoms with Crippen molar-refractivity contribution in [3.05, 3.63) is 36.4 Å². The van der Waals surface area contributed by atoms with Crippen LogP contribution in [0.5, 0.6) is 0 Å². The van der Waals surface area contributed by atoms with E-state index in [4.69, 9.17) is 5.14 Å². The molecule has 0 atom stereocenters. The van der Waals surface area contributed by atoms with Crippen LogP contribution in [0.2, 0.25) is 0 Å².